The molecule has 4 aromatic carbocycles. The molecule has 5 rings (SSSR count). The number of carbonyl (C=O) groups excluding carboxylic acids is 3. The molecule has 12 heteroatoms. The van der Waals surface area contributed by atoms with E-state index >= 15 is 0 Å². The molecule has 0 unspecified atom stereocenters. The van der Waals surface area contributed by atoms with Crippen LogP contribution in [0.2, 0.25) is 0 Å². The summed E-state index contributed by atoms with van der Waals surface area (Å²) in [6.07, 6.45) is 1.26. The molecule has 10 nitrogen and oxygen atoms in total. The summed E-state index contributed by atoms with van der Waals surface area (Å²) in [6.45, 7) is 2.01. The second kappa shape index (κ2) is 14.9. The summed E-state index contributed by atoms with van der Waals surface area (Å²) < 4.78 is 0. The lowest BCUT2D eigenvalue weighted by Crippen LogP contribution is -2.30. The molecule has 0 saturated heterocycles. The Morgan fingerprint density at radius 3 is 2.41 bits per heavy atom. The van der Waals surface area contributed by atoms with Crippen molar-refractivity contribution in [2.45, 2.75) is 11.8 Å². The van der Waals surface area contributed by atoms with E-state index in [1.807, 2.05) is 36.6 Å². The number of aromatic nitrogens is 1. The Labute approximate surface area is 272 Å². The molecule has 3 amide bonds. The van der Waals surface area contributed by atoms with E-state index in [0.717, 1.165) is 16.8 Å². The molecule has 0 bridgehead atoms. The quantitative estimate of drug-likeness (QED) is 0.0596. The first kappa shape index (κ1) is 31.8. The van der Waals surface area contributed by atoms with Crippen molar-refractivity contribution in [1.29, 1.82) is 0 Å². The van der Waals surface area contributed by atoms with Gasteiger partial charge in [0.2, 0.25) is 5.91 Å². The minimum Gasteiger partial charge on any atom is -0.321 e. The van der Waals surface area contributed by atoms with Crippen LogP contribution < -0.4 is 16.0 Å². The summed E-state index contributed by atoms with van der Waals surface area (Å²) in [5.74, 6) is -1.37. The molecule has 46 heavy (non-hydrogen) atoms. The molecule has 1 heterocycles. The van der Waals surface area contributed by atoms with E-state index in [9.17, 15) is 24.5 Å². The molecular formula is C34H27N5O5S2. The summed E-state index contributed by atoms with van der Waals surface area (Å²) in [4.78, 5) is 55.3. The van der Waals surface area contributed by atoms with Gasteiger partial charge in [-0.3, -0.25) is 24.5 Å². The van der Waals surface area contributed by atoms with Gasteiger partial charge in [-0.05, 0) is 49.4 Å². The van der Waals surface area contributed by atoms with Crippen LogP contribution in [0.3, 0.4) is 0 Å². The fourth-order valence-electron chi connectivity index (χ4n) is 4.23. The number of para-hydroxylation sites is 1. The normalized spacial score (nSPS) is 11.0. The Hall–Kier alpha value is -5.59. The predicted molar refractivity (Wildman–Crippen MR) is 182 cm³/mol. The van der Waals surface area contributed by atoms with E-state index in [0.29, 0.717) is 21.3 Å². The van der Waals surface area contributed by atoms with Gasteiger partial charge in [0.1, 0.15) is 5.70 Å². The number of thiazole rings is 1. The predicted octanol–water partition coefficient (Wildman–Crippen LogP) is 7.17. The minimum atomic E-state index is -0.685. The van der Waals surface area contributed by atoms with Gasteiger partial charge in [0.25, 0.3) is 17.5 Å². The highest BCUT2D eigenvalue weighted by Gasteiger charge is 2.19. The molecule has 3 N–H and O–H groups in total. The molecule has 0 fully saturated rings. The molecule has 0 aliphatic heterocycles. The minimum absolute atomic E-state index is 0.104. The summed E-state index contributed by atoms with van der Waals surface area (Å²) in [5.41, 5.74) is 3.36. The Morgan fingerprint density at radius 1 is 0.913 bits per heavy atom. The number of nitro groups is 1. The first-order valence-electron chi connectivity index (χ1n) is 13.9. The van der Waals surface area contributed by atoms with Gasteiger partial charge in [-0.1, -0.05) is 66.2 Å². The lowest BCUT2D eigenvalue weighted by Gasteiger charge is -2.12. The molecule has 0 spiro atoms. The van der Waals surface area contributed by atoms with Crippen LogP contribution in [0, 0.1) is 17.0 Å². The van der Waals surface area contributed by atoms with Crippen LogP contribution >= 0.6 is 23.1 Å². The van der Waals surface area contributed by atoms with E-state index in [-0.39, 0.29) is 28.6 Å². The monoisotopic (exact) mass is 649 g/mol. The van der Waals surface area contributed by atoms with Gasteiger partial charge in [0.15, 0.2) is 5.13 Å². The molecule has 0 radical (unpaired) electrons. The van der Waals surface area contributed by atoms with Gasteiger partial charge < -0.3 is 16.0 Å². The van der Waals surface area contributed by atoms with E-state index in [1.165, 1.54) is 47.4 Å². The molecule has 1 aromatic heterocycles. The Kier molecular flexibility index (Phi) is 10.3. The number of carbonyl (C=O) groups is 3. The highest BCUT2D eigenvalue weighted by molar-refractivity contribution is 8.00. The third-order valence-corrected chi connectivity index (χ3v) is 8.27. The maximum atomic E-state index is 13.4. The highest BCUT2D eigenvalue weighted by atomic mass is 32.2. The number of hydrogen-bond acceptors (Lipinski definition) is 8. The number of anilines is 2. The third-order valence-electron chi connectivity index (χ3n) is 6.52. The average molecular weight is 650 g/mol. The van der Waals surface area contributed by atoms with Gasteiger partial charge >= 0.3 is 0 Å². The van der Waals surface area contributed by atoms with Gasteiger partial charge in [0, 0.05) is 33.2 Å². The lowest BCUT2D eigenvalue weighted by molar-refractivity contribution is -0.385. The van der Waals surface area contributed by atoms with E-state index in [2.05, 4.69) is 20.9 Å². The number of nitrogens with one attached hydrogen (secondary N) is 3. The number of aryl methyl sites for hydroxylation is 1. The fourth-order valence-corrected chi connectivity index (χ4v) is 5.72. The Balaban J connectivity index is 1.26. The maximum Gasteiger partial charge on any atom is 0.276 e. The zero-order chi connectivity index (χ0) is 32.5. The fraction of sp³-hybridized carbons (Fsp3) is 0.0588. The molecule has 230 valence electrons. The van der Waals surface area contributed by atoms with Crippen LogP contribution in [0.5, 0.6) is 0 Å². The number of nitrogens with zero attached hydrogens (tertiary/aromatic N) is 2. The number of nitro benzene ring substituents is 1. The molecular weight excluding hydrogens is 623 g/mol. The number of amides is 3. The second-order valence-electron chi connectivity index (χ2n) is 9.92. The Morgan fingerprint density at radius 2 is 1.65 bits per heavy atom. The van der Waals surface area contributed by atoms with Crippen LogP contribution in [-0.2, 0) is 9.59 Å². The number of hydrogen-bond donors (Lipinski definition) is 3. The van der Waals surface area contributed by atoms with Crippen molar-refractivity contribution in [2.24, 2.45) is 0 Å². The van der Waals surface area contributed by atoms with Gasteiger partial charge in [-0.2, -0.15) is 0 Å². The van der Waals surface area contributed by atoms with Crippen LogP contribution in [0.4, 0.5) is 16.5 Å². The van der Waals surface area contributed by atoms with Crippen molar-refractivity contribution >= 4 is 63.4 Å². The largest absolute Gasteiger partial charge is 0.321 e. The number of benzene rings is 4. The zero-order valence-corrected chi connectivity index (χ0v) is 26.1. The SMILES string of the molecule is Cc1ccc(-c2csc(NC(=O)CSc3cccc(NC(=O)/C(=C\c4ccccc4[N+](=O)[O-])NC(=O)c4ccccc4)c3)n2)cc1. The molecule has 0 saturated carbocycles. The van der Waals surface area contributed by atoms with Crippen LogP contribution in [0.25, 0.3) is 17.3 Å². The van der Waals surface area contributed by atoms with E-state index in [1.54, 1.807) is 60.7 Å². The number of rotatable bonds is 11. The summed E-state index contributed by atoms with van der Waals surface area (Å²) in [6, 6.07) is 29.1. The van der Waals surface area contributed by atoms with Crippen molar-refractivity contribution in [3.05, 3.63) is 141 Å². The standard InChI is InChI=1S/C34H27N5O5S2/c1-22-14-16-23(17-15-22)29-20-46-34(37-29)38-31(40)21-45-27-12-7-11-26(19-27)35-33(42)28(36-32(41)24-8-3-2-4-9-24)18-25-10-5-6-13-30(25)39(43)44/h2-20H,21H2,1H3,(H,35,42)(H,36,41)(H,37,38,40)/b28-18+. The third kappa shape index (κ3) is 8.52. The van der Waals surface area contributed by atoms with Gasteiger partial charge in [-0.25, -0.2) is 4.98 Å². The van der Waals surface area contributed by atoms with E-state index in [4.69, 9.17) is 0 Å². The van der Waals surface area contributed by atoms with Crippen molar-refractivity contribution in [2.75, 3.05) is 16.4 Å². The first-order valence-corrected chi connectivity index (χ1v) is 15.8. The second-order valence-corrected chi connectivity index (χ2v) is 11.8. The molecule has 5 aromatic rings. The lowest BCUT2D eigenvalue weighted by atomic mass is 10.1. The van der Waals surface area contributed by atoms with Crippen LogP contribution in [0.1, 0.15) is 21.5 Å². The molecule has 0 atom stereocenters. The van der Waals surface area contributed by atoms with Crippen molar-refractivity contribution in [1.82, 2.24) is 10.3 Å². The molecule has 0 aliphatic rings. The topological polar surface area (TPSA) is 143 Å². The molecule has 0 aliphatic carbocycles. The highest BCUT2D eigenvalue weighted by Crippen LogP contribution is 2.27. The van der Waals surface area contributed by atoms with Crippen molar-refractivity contribution in [3.63, 3.8) is 0 Å². The van der Waals surface area contributed by atoms with E-state index < -0.39 is 16.7 Å². The summed E-state index contributed by atoms with van der Waals surface area (Å²) in [7, 11) is 0. The first-order chi connectivity index (χ1) is 22.2. The summed E-state index contributed by atoms with van der Waals surface area (Å²) in [5, 5.41) is 22.1. The smallest absolute Gasteiger partial charge is 0.276 e. The van der Waals surface area contributed by atoms with Crippen LogP contribution in [-0.4, -0.2) is 33.4 Å². The van der Waals surface area contributed by atoms with Crippen LogP contribution in [0.15, 0.2) is 119 Å². The summed E-state index contributed by atoms with van der Waals surface area (Å²) >= 11 is 2.62. The van der Waals surface area contributed by atoms with Gasteiger partial charge in [0.05, 0.1) is 21.9 Å². The average Bonchev–Trinajstić information content (AvgIpc) is 3.52. The number of thioether (sulfide) groups is 1. The zero-order valence-electron chi connectivity index (χ0n) is 24.4. The maximum absolute atomic E-state index is 13.4. The van der Waals surface area contributed by atoms with Crippen molar-refractivity contribution < 1.29 is 19.3 Å². The Bertz CT molecular complexity index is 1920. The van der Waals surface area contributed by atoms with Crippen molar-refractivity contribution in [3.8, 4) is 11.3 Å². The van der Waals surface area contributed by atoms with Gasteiger partial charge in [-0.15, -0.1) is 23.1 Å².